The number of nitrogens with one attached hydrogen (secondary N) is 2. The van der Waals surface area contributed by atoms with Crippen LogP contribution in [0.1, 0.15) is 19.3 Å². The van der Waals surface area contributed by atoms with Crippen LogP contribution in [-0.4, -0.2) is 64.6 Å². The number of aliphatic hydroxyl groups is 2. The molecule has 4 N–H and O–H groups in total. The van der Waals surface area contributed by atoms with E-state index in [0.717, 1.165) is 25.9 Å². The quantitative estimate of drug-likeness (QED) is 0.562. The topological polar surface area (TPSA) is 106 Å². The normalized spacial score (nSPS) is 16.9. The molecule has 2 heterocycles. The Balaban J connectivity index is 2.10. The predicted molar refractivity (Wildman–Crippen MR) is 77.0 cm³/mol. The molecule has 1 aliphatic rings. The zero-order valence-electron chi connectivity index (χ0n) is 11.7. The molecule has 1 aromatic rings. The molecule has 1 aromatic heterocycles. The van der Waals surface area contributed by atoms with Gasteiger partial charge in [-0.25, -0.2) is 0 Å². The van der Waals surface area contributed by atoms with Crippen molar-refractivity contribution in [3.8, 4) is 0 Å². The molecule has 20 heavy (non-hydrogen) atoms. The minimum Gasteiger partial charge on any atom is -0.394 e. The van der Waals surface area contributed by atoms with Gasteiger partial charge in [0.05, 0.1) is 12.7 Å². The summed E-state index contributed by atoms with van der Waals surface area (Å²) in [4.78, 5) is 15.1. The lowest BCUT2D eigenvalue weighted by Gasteiger charge is -2.27. The van der Waals surface area contributed by atoms with E-state index in [2.05, 4.69) is 30.5 Å². The maximum Gasteiger partial charge on any atom is 0.231 e. The first-order valence-corrected chi connectivity index (χ1v) is 6.94. The molecule has 1 atom stereocenters. The van der Waals surface area contributed by atoms with E-state index in [1.807, 2.05) is 0 Å². The Bertz CT molecular complexity index is 424. The van der Waals surface area contributed by atoms with Crippen molar-refractivity contribution in [2.75, 3.05) is 48.8 Å². The second kappa shape index (κ2) is 7.20. The van der Waals surface area contributed by atoms with Gasteiger partial charge < -0.3 is 25.7 Å². The minimum atomic E-state index is -0.830. The molecule has 2 rings (SSSR count). The van der Waals surface area contributed by atoms with Crippen LogP contribution in [-0.2, 0) is 0 Å². The highest BCUT2D eigenvalue weighted by molar-refractivity contribution is 5.43. The van der Waals surface area contributed by atoms with Crippen molar-refractivity contribution in [3.05, 3.63) is 0 Å². The standard InChI is InChI=1S/C12H22N6O2/c1-13-10-15-11(14-7-9(20)8-19)17-12(16-10)18-5-3-2-4-6-18/h9,19-20H,2-8H2,1H3,(H2,13,14,15,16,17). The molecule has 1 aliphatic heterocycles. The van der Waals surface area contributed by atoms with Crippen LogP contribution in [0.5, 0.6) is 0 Å². The van der Waals surface area contributed by atoms with Crippen LogP contribution >= 0.6 is 0 Å². The van der Waals surface area contributed by atoms with Crippen molar-refractivity contribution < 1.29 is 10.2 Å². The third kappa shape index (κ3) is 3.91. The van der Waals surface area contributed by atoms with Gasteiger partial charge in [0, 0.05) is 26.7 Å². The van der Waals surface area contributed by atoms with Crippen molar-refractivity contribution in [1.82, 2.24) is 15.0 Å². The molecule has 0 radical (unpaired) electrons. The zero-order valence-corrected chi connectivity index (χ0v) is 11.7. The second-order valence-electron chi connectivity index (χ2n) is 4.80. The van der Waals surface area contributed by atoms with Gasteiger partial charge in [0.15, 0.2) is 0 Å². The van der Waals surface area contributed by atoms with Gasteiger partial charge in [-0.3, -0.25) is 0 Å². The number of aromatic nitrogens is 3. The second-order valence-corrected chi connectivity index (χ2v) is 4.80. The molecular weight excluding hydrogens is 260 g/mol. The fourth-order valence-corrected chi connectivity index (χ4v) is 2.06. The average molecular weight is 282 g/mol. The highest BCUT2D eigenvalue weighted by atomic mass is 16.3. The number of rotatable bonds is 6. The zero-order chi connectivity index (χ0) is 14.4. The molecule has 0 aliphatic carbocycles. The van der Waals surface area contributed by atoms with Gasteiger partial charge in [-0.15, -0.1) is 0 Å². The molecule has 1 fully saturated rings. The summed E-state index contributed by atoms with van der Waals surface area (Å²) in [7, 11) is 1.75. The molecule has 0 bridgehead atoms. The van der Waals surface area contributed by atoms with Gasteiger partial charge in [-0.05, 0) is 19.3 Å². The van der Waals surface area contributed by atoms with Crippen molar-refractivity contribution in [2.24, 2.45) is 0 Å². The number of hydrogen-bond acceptors (Lipinski definition) is 8. The van der Waals surface area contributed by atoms with E-state index in [1.54, 1.807) is 7.05 Å². The molecule has 0 saturated carbocycles. The van der Waals surface area contributed by atoms with Gasteiger partial charge >= 0.3 is 0 Å². The molecule has 8 nitrogen and oxygen atoms in total. The van der Waals surface area contributed by atoms with E-state index >= 15 is 0 Å². The minimum absolute atomic E-state index is 0.198. The summed E-state index contributed by atoms with van der Waals surface area (Å²) in [5, 5.41) is 24.0. The monoisotopic (exact) mass is 282 g/mol. The van der Waals surface area contributed by atoms with Gasteiger partial charge in [-0.1, -0.05) is 0 Å². The lowest BCUT2D eigenvalue weighted by molar-refractivity contribution is 0.105. The first-order chi connectivity index (χ1) is 9.72. The van der Waals surface area contributed by atoms with Crippen molar-refractivity contribution in [1.29, 1.82) is 0 Å². The third-order valence-electron chi connectivity index (χ3n) is 3.19. The van der Waals surface area contributed by atoms with Crippen LogP contribution in [0.3, 0.4) is 0 Å². The maximum atomic E-state index is 9.35. The summed E-state index contributed by atoms with van der Waals surface area (Å²) in [5.41, 5.74) is 0. The summed E-state index contributed by atoms with van der Waals surface area (Å²) in [6.45, 7) is 1.80. The Hall–Kier alpha value is -1.67. The van der Waals surface area contributed by atoms with Gasteiger partial charge in [0.25, 0.3) is 0 Å². The lowest BCUT2D eigenvalue weighted by Crippen LogP contribution is -2.32. The molecule has 1 saturated heterocycles. The number of nitrogens with zero attached hydrogens (tertiary/aromatic N) is 4. The summed E-state index contributed by atoms with van der Waals surface area (Å²) < 4.78 is 0. The predicted octanol–water partition coefficient (Wildman–Crippen LogP) is -0.331. The number of hydrogen-bond donors (Lipinski definition) is 4. The van der Waals surface area contributed by atoms with Gasteiger partial charge in [0.2, 0.25) is 17.8 Å². The molecule has 0 aromatic carbocycles. The Labute approximate surface area is 118 Å². The number of anilines is 3. The largest absolute Gasteiger partial charge is 0.394 e. The van der Waals surface area contributed by atoms with Gasteiger partial charge in [-0.2, -0.15) is 15.0 Å². The van der Waals surface area contributed by atoms with E-state index in [4.69, 9.17) is 5.11 Å². The highest BCUT2D eigenvalue weighted by Crippen LogP contribution is 2.18. The van der Waals surface area contributed by atoms with Crippen molar-refractivity contribution >= 4 is 17.8 Å². The SMILES string of the molecule is CNc1nc(NCC(O)CO)nc(N2CCCCC2)n1. The van der Waals surface area contributed by atoms with Crippen LogP contribution in [0.4, 0.5) is 17.8 Å². The number of piperidine rings is 1. The van der Waals surface area contributed by atoms with E-state index < -0.39 is 6.10 Å². The Morgan fingerprint density at radius 3 is 2.50 bits per heavy atom. The third-order valence-corrected chi connectivity index (χ3v) is 3.19. The smallest absolute Gasteiger partial charge is 0.231 e. The van der Waals surface area contributed by atoms with E-state index in [1.165, 1.54) is 6.42 Å². The average Bonchev–Trinajstić information content (AvgIpc) is 2.53. The summed E-state index contributed by atoms with van der Waals surface area (Å²) in [6.07, 6.45) is 2.70. The molecule has 0 spiro atoms. The Morgan fingerprint density at radius 2 is 1.85 bits per heavy atom. The Kier molecular flexibility index (Phi) is 5.31. The number of aliphatic hydroxyl groups excluding tert-OH is 2. The molecule has 0 amide bonds. The van der Waals surface area contributed by atoms with E-state index in [-0.39, 0.29) is 13.2 Å². The van der Waals surface area contributed by atoms with Crippen LogP contribution < -0.4 is 15.5 Å². The van der Waals surface area contributed by atoms with Crippen molar-refractivity contribution in [2.45, 2.75) is 25.4 Å². The summed E-state index contributed by atoms with van der Waals surface area (Å²) >= 11 is 0. The van der Waals surface area contributed by atoms with E-state index in [0.29, 0.717) is 17.8 Å². The van der Waals surface area contributed by atoms with Crippen molar-refractivity contribution in [3.63, 3.8) is 0 Å². The molecular formula is C12H22N6O2. The first-order valence-electron chi connectivity index (χ1n) is 6.94. The van der Waals surface area contributed by atoms with E-state index in [9.17, 15) is 5.11 Å². The van der Waals surface area contributed by atoms with Crippen LogP contribution in [0.2, 0.25) is 0 Å². The Morgan fingerprint density at radius 1 is 1.15 bits per heavy atom. The van der Waals surface area contributed by atoms with Crippen LogP contribution in [0.15, 0.2) is 0 Å². The molecule has 112 valence electrons. The van der Waals surface area contributed by atoms with Gasteiger partial charge in [0.1, 0.15) is 0 Å². The lowest BCUT2D eigenvalue weighted by atomic mass is 10.1. The first kappa shape index (κ1) is 14.7. The fraction of sp³-hybridized carbons (Fsp3) is 0.750. The summed E-state index contributed by atoms with van der Waals surface area (Å²) in [5.74, 6) is 1.53. The summed E-state index contributed by atoms with van der Waals surface area (Å²) in [6, 6.07) is 0. The van der Waals surface area contributed by atoms with Crippen LogP contribution in [0.25, 0.3) is 0 Å². The fourth-order valence-electron chi connectivity index (χ4n) is 2.06. The molecule has 1 unspecified atom stereocenters. The highest BCUT2D eigenvalue weighted by Gasteiger charge is 2.16. The maximum absolute atomic E-state index is 9.35. The van der Waals surface area contributed by atoms with Crippen LogP contribution in [0, 0.1) is 0 Å². The molecule has 8 heteroatoms.